The third kappa shape index (κ3) is 2.66. The molecule has 1 aliphatic carbocycles. The van der Waals surface area contributed by atoms with Crippen molar-refractivity contribution in [1.82, 2.24) is 0 Å². The number of rotatable bonds is 2. The molecule has 0 heterocycles. The van der Waals surface area contributed by atoms with Crippen molar-refractivity contribution in [2.45, 2.75) is 31.0 Å². The average molecular weight is 266 g/mol. The largest absolute Gasteiger partial charge is 0.506 e. The van der Waals surface area contributed by atoms with Crippen molar-refractivity contribution < 1.29 is 18.3 Å². The van der Waals surface area contributed by atoms with Crippen LogP contribution < -0.4 is 5.73 Å². The fourth-order valence-corrected chi connectivity index (χ4v) is 1.91. The highest BCUT2D eigenvalue weighted by atomic mass is 35.5. The molecule has 6 heteroatoms. The molecule has 0 aromatic heterocycles. The number of phenols is 1. The van der Waals surface area contributed by atoms with E-state index in [0.717, 1.165) is 25.0 Å². The van der Waals surface area contributed by atoms with E-state index in [1.807, 2.05) is 0 Å². The minimum absolute atomic E-state index is 0.157. The molecule has 3 N–H and O–H groups in total. The molecule has 2 rings (SSSR count). The van der Waals surface area contributed by atoms with Crippen molar-refractivity contribution in [3.05, 3.63) is 28.3 Å². The zero-order chi connectivity index (χ0) is 12.8. The van der Waals surface area contributed by atoms with Gasteiger partial charge < -0.3 is 10.8 Å². The van der Waals surface area contributed by atoms with Gasteiger partial charge >= 0.3 is 6.18 Å². The third-order valence-corrected chi connectivity index (χ3v) is 3.19. The van der Waals surface area contributed by atoms with Crippen LogP contribution in [0.25, 0.3) is 0 Å². The molecule has 0 spiro atoms. The first kappa shape index (κ1) is 12.5. The Hall–Kier alpha value is -0.940. The summed E-state index contributed by atoms with van der Waals surface area (Å²) in [5, 5.41) is 9.33. The number of phenolic OH excluding ortho intramolecular Hbond substituents is 1. The minimum atomic E-state index is -4.47. The first-order valence-electron chi connectivity index (χ1n) is 5.09. The lowest BCUT2D eigenvalue weighted by atomic mass is 10.0. The second-order valence-corrected chi connectivity index (χ2v) is 4.91. The van der Waals surface area contributed by atoms with Gasteiger partial charge in [0.15, 0.2) is 0 Å². The zero-order valence-electron chi connectivity index (χ0n) is 8.81. The van der Waals surface area contributed by atoms with Gasteiger partial charge in [0, 0.05) is 5.54 Å². The lowest BCUT2D eigenvalue weighted by molar-refractivity contribution is -0.137. The maximum atomic E-state index is 12.6. The Morgan fingerprint density at radius 1 is 1.35 bits per heavy atom. The summed E-state index contributed by atoms with van der Waals surface area (Å²) in [4.78, 5) is 0. The summed E-state index contributed by atoms with van der Waals surface area (Å²) in [7, 11) is 0. The lowest BCUT2D eigenvalue weighted by Crippen LogP contribution is -2.24. The van der Waals surface area contributed by atoms with Gasteiger partial charge in [-0.2, -0.15) is 13.2 Å². The van der Waals surface area contributed by atoms with Gasteiger partial charge in [0.05, 0.1) is 10.6 Å². The molecule has 1 saturated carbocycles. The van der Waals surface area contributed by atoms with E-state index in [9.17, 15) is 18.3 Å². The Bertz CT molecular complexity index is 455. The molecule has 1 aliphatic rings. The Morgan fingerprint density at radius 3 is 2.41 bits per heavy atom. The number of alkyl halides is 3. The van der Waals surface area contributed by atoms with E-state index in [1.165, 1.54) is 0 Å². The van der Waals surface area contributed by atoms with Crippen molar-refractivity contribution in [3.63, 3.8) is 0 Å². The quantitative estimate of drug-likeness (QED) is 0.863. The zero-order valence-corrected chi connectivity index (χ0v) is 9.57. The molecule has 0 atom stereocenters. The maximum absolute atomic E-state index is 12.6. The Morgan fingerprint density at radius 2 is 1.94 bits per heavy atom. The van der Waals surface area contributed by atoms with Crippen LogP contribution in [0.5, 0.6) is 5.75 Å². The number of hydrogen-bond acceptors (Lipinski definition) is 2. The monoisotopic (exact) mass is 265 g/mol. The molecule has 0 bridgehead atoms. The predicted molar refractivity (Wildman–Crippen MR) is 58.0 cm³/mol. The molecule has 2 nitrogen and oxygen atoms in total. The van der Waals surface area contributed by atoms with Crippen LogP contribution in [0.4, 0.5) is 13.2 Å². The molecular weight excluding hydrogens is 255 g/mol. The van der Waals surface area contributed by atoms with Crippen molar-refractivity contribution in [3.8, 4) is 5.75 Å². The molecule has 17 heavy (non-hydrogen) atoms. The molecule has 94 valence electrons. The van der Waals surface area contributed by atoms with E-state index in [4.69, 9.17) is 17.3 Å². The van der Waals surface area contributed by atoms with Crippen molar-refractivity contribution in [2.24, 2.45) is 5.73 Å². The lowest BCUT2D eigenvalue weighted by Gasteiger charge is -2.14. The predicted octanol–water partition coefficient (Wildman–Crippen LogP) is 3.10. The molecule has 0 saturated heterocycles. The van der Waals surface area contributed by atoms with Gasteiger partial charge in [-0.3, -0.25) is 0 Å². The van der Waals surface area contributed by atoms with E-state index in [-0.39, 0.29) is 22.8 Å². The molecule has 0 radical (unpaired) electrons. The van der Waals surface area contributed by atoms with Crippen molar-refractivity contribution >= 4 is 11.6 Å². The Kier molecular flexibility index (Phi) is 2.78. The van der Waals surface area contributed by atoms with E-state index in [1.54, 1.807) is 0 Å². The van der Waals surface area contributed by atoms with Gasteiger partial charge in [0.1, 0.15) is 5.75 Å². The van der Waals surface area contributed by atoms with Crippen molar-refractivity contribution in [2.75, 3.05) is 0 Å². The van der Waals surface area contributed by atoms with Crippen LogP contribution in [0, 0.1) is 0 Å². The number of benzene rings is 1. The fourth-order valence-electron chi connectivity index (χ4n) is 1.67. The number of halogens is 4. The molecule has 0 amide bonds. The van der Waals surface area contributed by atoms with E-state index in [0.29, 0.717) is 0 Å². The van der Waals surface area contributed by atoms with Crippen LogP contribution in [-0.4, -0.2) is 10.6 Å². The summed E-state index contributed by atoms with van der Waals surface area (Å²) in [5.74, 6) is -0.309. The van der Waals surface area contributed by atoms with Gasteiger partial charge in [0.25, 0.3) is 0 Å². The first-order valence-corrected chi connectivity index (χ1v) is 5.47. The van der Waals surface area contributed by atoms with Crippen LogP contribution in [0.1, 0.15) is 24.0 Å². The molecule has 0 aliphatic heterocycles. The molecule has 0 unspecified atom stereocenters. The van der Waals surface area contributed by atoms with Gasteiger partial charge in [-0.05, 0) is 37.0 Å². The highest BCUT2D eigenvalue weighted by molar-refractivity contribution is 6.32. The molecular formula is C11H11ClF3NO. The Balaban J connectivity index is 2.39. The molecule has 1 aromatic rings. The van der Waals surface area contributed by atoms with Gasteiger partial charge in [-0.1, -0.05) is 11.6 Å². The normalized spacial score (nSPS) is 18.2. The summed E-state index contributed by atoms with van der Waals surface area (Å²) < 4.78 is 37.7. The van der Waals surface area contributed by atoms with Gasteiger partial charge in [-0.25, -0.2) is 0 Å². The van der Waals surface area contributed by atoms with Gasteiger partial charge in [-0.15, -0.1) is 0 Å². The second-order valence-electron chi connectivity index (χ2n) is 4.50. The van der Waals surface area contributed by atoms with Crippen molar-refractivity contribution in [1.29, 1.82) is 0 Å². The van der Waals surface area contributed by atoms with Crippen LogP contribution in [-0.2, 0) is 12.6 Å². The molecule has 1 fully saturated rings. The minimum Gasteiger partial charge on any atom is -0.506 e. The summed E-state index contributed by atoms with van der Waals surface area (Å²) in [6.45, 7) is 0. The van der Waals surface area contributed by atoms with Crippen LogP contribution in [0.3, 0.4) is 0 Å². The second kappa shape index (κ2) is 3.78. The summed E-state index contributed by atoms with van der Waals surface area (Å²) >= 11 is 5.58. The van der Waals surface area contributed by atoms with Crippen LogP contribution in [0.2, 0.25) is 5.02 Å². The van der Waals surface area contributed by atoms with Gasteiger partial charge in [0.2, 0.25) is 0 Å². The third-order valence-electron chi connectivity index (χ3n) is 2.90. The Labute approximate surface area is 101 Å². The topological polar surface area (TPSA) is 46.2 Å². The average Bonchev–Trinajstić information content (AvgIpc) is 2.89. The highest BCUT2D eigenvalue weighted by Gasteiger charge is 2.40. The van der Waals surface area contributed by atoms with Crippen LogP contribution >= 0.6 is 11.6 Å². The standard InChI is InChI=1S/C11H11ClF3NO/c12-8-4-7(11(13,14)15)3-6(9(8)17)5-10(16)1-2-10/h3-4,17H,1-2,5,16H2. The maximum Gasteiger partial charge on any atom is 0.416 e. The summed E-state index contributed by atoms with van der Waals surface area (Å²) in [6.07, 6.45) is -2.76. The number of hydrogen-bond donors (Lipinski definition) is 2. The smallest absolute Gasteiger partial charge is 0.416 e. The first-order chi connectivity index (χ1) is 7.71. The number of aromatic hydroxyl groups is 1. The molecule has 1 aromatic carbocycles. The summed E-state index contributed by atoms with van der Waals surface area (Å²) in [5.41, 5.74) is 4.64. The van der Waals surface area contributed by atoms with E-state index < -0.39 is 17.3 Å². The SMILES string of the molecule is NC1(Cc2cc(C(F)(F)F)cc(Cl)c2O)CC1. The highest BCUT2D eigenvalue weighted by Crippen LogP contribution is 2.42. The summed E-state index contributed by atoms with van der Waals surface area (Å²) in [6, 6.07) is 1.63. The van der Waals surface area contributed by atoms with Crippen LogP contribution in [0.15, 0.2) is 12.1 Å². The van der Waals surface area contributed by atoms with E-state index in [2.05, 4.69) is 0 Å². The van der Waals surface area contributed by atoms with E-state index >= 15 is 0 Å². The number of nitrogens with two attached hydrogens (primary N) is 1. The fraction of sp³-hybridized carbons (Fsp3) is 0.455.